The molecule has 10 nitrogen and oxygen atoms in total. The second kappa shape index (κ2) is 11.5. The minimum Gasteiger partial charge on any atom is -0.485 e. The standard InChI is InChI=1S/C28H36ClN7O3/c1-2-10-30-25-22-20(29)17-31-26(22)34-28(33-25)32-21-7-6-19(23-24(21)39-16-15-38-23)27(37)36-13-8-18(9-14-36)35-11-4-3-5-12-35/h6-7,17-18H,2-5,8-16H2,1H3,(H3,30,31,32,33,34). The Bertz CT molecular complexity index is 1330. The largest absolute Gasteiger partial charge is 0.485 e. The summed E-state index contributed by atoms with van der Waals surface area (Å²) in [6.45, 7) is 7.53. The molecule has 0 unspecified atom stereocenters. The van der Waals surface area contributed by atoms with Crippen molar-refractivity contribution in [1.29, 1.82) is 0 Å². The van der Waals surface area contributed by atoms with Crippen LogP contribution in [0, 0.1) is 0 Å². The van der Waals surface area contributed by atoms with Gasteiger partial charge in [0, 0.05) is 31.9 Å². The third kappa shape index (κ3) is 5.32. The SMILES string of the molecule is CCCNc1nc(Nc2ccc(C(=O)N3CCC(N4CCCCC4)CC3)c3c2OCCO3)nc2[nH]cc(Cl)c12. The van der Waals surface area contributed by atoms with Crippen LogP contribution in [0.5, 0.6) is 11.5 Å². The van der Waals surface area contributed by atoms with Crippen molar-refractivity contribution in [1.82, 2.24) is 24.8 Å². The minimum absolute atomic E-state index is 0.00913. The van der Waals surface area contributed by atoms with Gasteiger partial charge in [-0.3, -0.25) is 4.79 Å². The van der Waals surface area contributed by atoms with Gasteiger partial charge >= 0.3 is 0 Å². The van der Waals surface area contributed by atoms with E-state index in [0.717, 1.165) is 44.3 Å². The molecule has 0 bridgehead atoms. The smallest absolute Gasteiger partial charge is 0.257 e. The number of halogens is 1. The van der Waals surface area contributed by atoms with Crippen molar-refractivity contribution >= 4 is 46.0 Å². The van der Waals surface area contributed by atoms with Crippen LogP contribution < -0.4 is 20.1 Å². The molecule has 2 aromatic heterocycles. The Labute approximate surface area is 233 Å². The Morgan fingerprint density at radius 2 is 1.85 bits per heavy atom. The van der Waals surface area contributed by atoms with Gasteiger partial charge in [-0.15, -0.1) is 0 Å². The molecule has 2 saturated heterocycles. The Hall–Kier alpha value is -3.24. The molecular weight excluding hydrogens is 518 g/mol. The summed E-state index contributed by atoms with van der Waals surface area (Å²) >= 11 is 6.38. The summed E-state index contributed by atoms with van der Waals surface area (Å²) < 4.78 is 12.0. The number of nitrogens with zero attached hydrogens (tertiary/aromatic N) is 4. The molecule has 0 spiro atoms. The average molecular weight is 554 g/mol. The second-order valence-corrected chi connectivity index (χ2v) is 10.9. The predicted molar refractivity (Wildman–Crippen MR) is 153 cm³/mol. The Morgan fingerprint density at radius 1 is 1.08 bits per heavy atom. The van der Waals surface area contributed by atoms with Crippen LogP contribution in [0.2, 0.25) is 5.02 Å². The van der Waals surface area contributed by atoms with E-state index in [4.69, 9.17) is 21.1 Å². The number of amides is 1. The molecule has 1 aromatic carbocycles. The van der Waals surface area contributed by atoms with Gasteiger partial charge in [0.1, 0.15) is 24.7 Å². The number of ether oxygens (including phenoxy) is 2. The minimum atomic E-state index is -0.00913. The number of aromatic nitrogens is 3. The highest BCUT2D eigenvalue weighted by Crippen LogP contribution is 2.42. The molecule has 0 aliphatic carbocycles. The monoisotopic (exact) mass is 553 g/mol. The van der Waals surface area contributed by atoms with Gasteiger partial charge in [0.2, 0.25) is 5.95 Å². The quantitative estimate of drug-likeness (QED) is 0.373. The first-order valence-corrected chi connectivity index (χ1v) is 14.5. The van der Waals surface area contributed by atoms with Gasteiger partial charge in [0.15, 0.2) is 11.5 Å². The van der Waals surface area contributed by atoms with Crippen LogP contribution in [-0.2, 0) is 0 Å². The first kappa shape index (κ1) is 26.0. The lowest BCUT2D eigenvalue weighted by Gasteiger charge is -2.40. The lowest BCUT2D eigenvalue weighted by molar-refractivity contribution is 0.0582. The molecular formula is C28H36ClN7O3. The van der Waals surface area contributed by atoms with Crippen molar-refractivity contribution in [3.63, 3.8) is 0 Å². The Morgan fingerprint density at radius 3 is 2.62 bits per heavy atom. The van der Waals surface area contributed by atoms with Crippen molar-refractivity contribution in [2.75, 3.05) is 56.6 Å². The number of carbonyl (C=O) groups excluding carboxylic acids is 1. The zero-order valence-corrected chi connectivity index (χ0v) is 23.1. The maximum atomic E-state index is 13.6. The van der Waals surface area contributed by atoms with Crippen LogP contribution in [0.3, 0.4) is 0 Å². The third-order valence-electron chi connectivity index (χ3n) is 7.85. The van der Waals surface area contributed by atoms with Crippen molar-refractivity contribution in [2.24, 2.45) is 0 Å². The summed E-state index contributed by atoms with van der Waals surface area (Å²) in [5.74, 6) is 2.01. The first-order chi connectivity index (χ1) is 19.1. The highest BCUT2D eigenvalue weighted by molar-refractivity contribution is 6.36. The average Bonchev–Trinajstić information content (AvgIpc) is 3.36. The maximum absolute atomic E-state index is 13.6. The molecule has 2 fully saturated rings. The van der Waals surface area contributed by atoms with E-state index in [-0.39, 0.29) is 5.91 Å². The number of H-pyrrole nitrogens is 1. The molecule has 3 aliphatic heterocycles. The maximum Gasteiger partial charge on any atom is 0.257 e. The molecule has 3 aliphatic rings. The van der Waals surface area contributed by atoms with Crippen LogP contribution in [-0.4, -0.2) is 82.6 Å². The number of nitrogens with one attached hydrogen (secondary N) is 3. The van der Waals surface area contributed by atoms with E-state index in [9.17, 15) is 4.79 Å². The molecule has 39 heavy (non-hydrogen) atoms. The number of carbonyl (C=O) groups is 1. The fourth-order valence-electron chi connectivity index (χ4n) is 5.83. The van der Waals surface area contributed by atoms with Gasteiger partial charge in [-0.05, 0) is 57.3 Å². The molecule has 6 rings (SSSR count). The number of fused-ring (bicyclic) bond motifs is 2. The van der Waals surface area contributed by atoms with E-state index in [2.05, 4.69) is 37.4 Å². The summed E-state index contributed by atoms with van der Waals surface area (Å²) in [4.78, 5) is 30.6. The number of piperidine rings is 2. The molecule has 3 aromatic rings. The number of anilines is 3. The van der Waals surface area contributed by atoms with Crippen LogP contribution >= 0.6 is 11.6 Å². The van der Waals surface area contributed by atoms with Crippen LogP contribution in [0.15, 0.2) is 18.3 Å². The second-order valence-electron chi connectivity index (χ2n) is 10.4. The van der Waals surface area contributed by atoms with Crippen LogP contribution in [0.4, 0.5) is 17.5 Å². The fraction of sp³-hybridized carbons (Fsp3) is 0.536. The summed E-state index contributed by atoms with van der Waals surface area (Å²) in [6, 6.07) is 4.24. The molecule has 0 saturated carbocycles. The Kier molecular flexibility index (Phi) is 7.65. The van der Waals surface area contributed by atoms with E-state index >= 15 is 0 Å². The molecule has 1 amide bonds. The highest BCUT2D eigenvalue weighted by Gasteiger charge is 2.31. The zero-order chi connectivity index (χ0) is 26.8. The first-order valence-electron chi connectivity index (χ1n) is 14.1. The fourth-order valence-corrected chi connectivity index (χ4v) is 6.07. The van der Waals surface area contributed by atoms with Crippen molar-refractivity contribution in [3.8, 4) is 11.5 Å². The molecule has 0 radical (unpaired) electrons. The van der Waals surface area contributed by atoms with Gasteiger partial charge in [-0.25, -0.2) is 0 Å². The predicted octanol–water partition coefficient (Wildman–Crippen LogP) is 5.04. The number of hydrogen-bond acceptors (Lipinski definition) is 8. The van der Waals surface area contributed by atoms with E-state index in [1.807, 2.05) is 17.0 Å². The molecule has 11 heteroatoms. The van der Waals surface area contributed by atoms with Crippen molar-refractivity contribution in [3.05, 3.63) is 28.9 Å². The van der Waals surface area contributed by atoms with E-state index in [1.54, 1.807) is 6.20 Å². The lowest BCUT2D eigenvalue weighted by Crippen LogP contribution is -2.48. The van der Waals surface area contributed by atoms with Crippen LogP contribution in [0.25, 0.3) is 11.0 Å². The molecule has 208 valence electrons. The summed E-state index contributed by atoms with van der Waals surface area (Å²) in [7, 11) is 0. The highest BCUT2D eigenvalue weighted by atomic mass is 35.5. The van der Waals surface area contributed by atoms with E-state index < -0.39 is 0 Å². The van der Waals surface area contributed by atoms with Crippen LogP contribution in [0.1, 0.15) is 55.8 Å². The van der Waals surface area contributed by atoms with Gasteiger partial charge in [-0.1, -0.05) is 24.9 Å². The molecule has 0 atom stereocenters. The summed E-state index contributed by atoms with van der Waals surface area (Å²) in [5, 5.41) is 7.92. The van der Waals surface area contributed by atoms with E-state index in [0.29, 0.717) is 64.4 Å². The summed E-state index contributed by atoms with van der Waals surface area (Å²) in [5.41, 5.74) is 1.80. The Balaban J connectivity index is 1.22. The summed E-state index contributed by atoms with van der Waals surface area (Å²) in [6.07, 6.45) is 8.60. The lowest BCUT2D eigenvalue weighted by atomic mass is 9.99. The van der Waals surface area contributed by atoms with Gasteiger partial charge in [0.25, 0.3) is 5.91 Å². The topological polar surface area (TPSA) is 108 Å². The zero-order valence-electron chi connectivity index (χ0n) is 22.4. The third-order valence-corrected chi connectivity index (χ3v) is 8.15. The van der Waals surface area contributed by atoms with Gasteiger partial charge in [0.05, 0.1) is 21.7 Å². The number of hydrogen-bond donors (Lipinski definition) is 3. The number of likely N-dealkylation sites (tertiary alicyclic amines) is 2. The van der Waals surface area contributed by atoms with E-state index in [1.165, 1.54) is 32.4 Å². The molecule has 3 N–H and O–H groups in total. The number of benzene rings is 1. The normalized spacial score (nSPS) is 18.4. The number of aromatic amines is 1. The number of rotatable bonds is 7. The van der Waals surface area contributed by atoms with Gasteiger partial charge < -0.3 is 34.9 Å². The van der Waals surface area contributed by atoms with Crippen molar-refractivity contribution in [2.45, 2.75) is 51.5 Å². The van der Waals surface area contributed by atoms with Crippen molar-refractivity contribution < 1.29 is 14.3 Å². The van der Waals surface area contributed by atoms with Gasteiger partial charge in [-0.2, -0.15) is 9.97 Å². The molecule has 5 heterocycles.